The molecule has 26 heavy (non-hydrogen) atoms. The molecule has 2 heterocycles. The quantitative estimate of drug-likeness (QED) is 0.809. The monoisotopic (exact) mass is 389 g/mol. The number of aromatic nitrogens is 1. The van der Waals surface area contributed by atoms with Gasteiger partial charge < -0.3 is 10.2 Å². The molecule has 1 aliphatic rings. The molecular formula is C17H16ClF4N3O. The maximum Gasteiger partial charge on any atom is 0.405 e. The van der Waals surface area contributed by atoms with Crippen LogP contribution in [0.2, 0.25) is 5.02 Å². The van der Waals surface area contributed by atoms with Crippen LogP contribution < -0.4 is 10.2 Å². The zero-order valence-electron chi connectivity index (χ0n) is 13.6. The molecule has 0 bridgehead atoms. The van der Waals surface area contributed by atoms with Crippen molar-refractivity contribution in [3.8, 4) is 0 Å². The first-order valence-electron chi connectivity index (χ1n) is 8.08. The number of fused-ring (bicyclic) bond motifs is 1. The van der Waals surface area contributed by atoms with E-state index in [1.54, 1.807) is 23.1 Å². The summed E-state index contributed by atoms with van der Waals surface area (Å²) in [6.45, 7) is -0.714. The van der Waals surface area contributed by atoms with E-state index in [1.165, 1.54) is 6.20 Å². The summed E-state index contributed by atoms with van der Waals surface area (Å²) in [6, 6.07) is 4.77. The standard InChI is InChI=1S/C17H16ClF4N3O/c18-12-5-6-23-15-11(12)3-4-13(14(15)19)25-7-1-2-10(8-25)16(26)24-9-17(20,21)22/h3-6,10H,1-2,7-9H2,(H,24,26). The molecule has 9 heteroatoms. The van der Waals surface area contributed by atoms with Gasteiger partial charge in [-0.1, -0.05) is 11.6 Å². The van der Waals surface area contributed by atoms with Crippen molar-refractivity contribution in [2.45, 2.75) is 19.0 Å². The van der Waals surface area contributed by atoms with Crippen molar-refractivity contribution < 1.29 is 22.4 Å². The number of carbonyl (C=O) groups excluding carboxylic acids is 1. The van der Waals surface area contributed by atoms with E-state index in [0.717, 1.165) is 0 Å². The Hall–Kier alpha value is -2.09. The molecule has 1 aromatic heterocycles. The number of pyridine rings is 1. The molecule has 1 unspecified atom stereocenters. The summed E-state index contributed by atoms with van der Waals surface area (Å²) in [7, 11) is 0. The molecule has 2 aromatic rings. The average Bonchev–Trinajstić information content (AvgIpc) is 2.60. The molecule has 1 fully saturated rings. The van der Waals surface area contributed by atoms with E-state index in [0.29, 0.717) is 29.8 Å². The fourth-order valence-electron chi connectivity index (χ4n) is 3.13. The molecule has 1 N–H and O–H groups in total. The Bertz CT molecular complexity index is 827. The minimum absolute atomic E-state index is 0.124. The summed E-state index contributed by atoms with van der Waals surface area (Å²) in [5.74, 6) is -1.86. The lowest BCUT2D eigenvalue weighted by Gasteiger charge is -2.34. The summed E-state index contributed by atoms with van der Waals surface area (Å²) in [5, 5.41) is 2.76. The van der Waals surface area contributed by atoms with Crippen molar-refractivity contribution in [1.29, 1.82) is 0 Å². The predicted molar refractivity (Wildman–Crippen MR) is 90.7 cm³/mol. The van der Waals surface area contributed by atoms with Crippen molar-refractivity contribution in [3.05, 3.63) is 35.2 Å². The number of alkyl halides is 3. The maximum atomic E-state index is 14.9. The predicted octanol–water partition coefficient (Wildman–Crippen LogP) is 3.92. The van der Waals surface area contributed by atoms with E-state index < -0.39 is 30.4 Å². The third-order valence-corrected chi connectivity index (χ3v) is 4.70. The largest absolute Gasteiger partial charge is 0.405 e. The molecule has 0 aliphatic carbocycles. The number of halogens is 5. The third kappa shape index (κ3) is 4.00. The molecule has 0 spiro atoms. The molecule has 4 nitrogen and oxygen atoms in total. The summed E-state index contributed by atoms with van der Waals surface area (Å²) in [4.78, 5) is 17.7. The Kier molecular flexibility index (Phi) is 5.22. The SMILES string of the molecule is O=C(NCC(F)(F)F)C1CCCN(c2ccc3c(Cl)ccnc3c2F)C1. The van der Waals surface area contributed by atoms with Gasteiger partial charge in [-0.25, -0.2) is 4.39 Å². The van der Waals surface area contributed by atoms with Crippen LogP contribution in [-0.4, -0.2) is 36.7 Å². The number of amides is 1. The number of hydrogen-bond donors (Lipinski definition) is 1. The van der Waals surface area contributed by atoms with Crippen LogP contribution in [0.15, 0.2) is 24.4 Å². The maximum absolute atomic E-state index is 14.9. The number of nitrogens with one attached hydrogen (secondary N) is 1. The van der Waals surface area contributed by atoms with E-state index >= 15 is 0 Å². The van der Waals surface area contributed by atoms with Gasteiger partial charge in [0.2, 0.25) is 5.91 Å². The van der Waals surface area contributed by atoms with E-state index in [4.69, 9.17) is 11.6 Å². The van der Waals surface area contributed by atoms with Gasteiger partial charge in [-0.3, -0.25) is 9.78 Å². The topological polar surface area (TPSA) is 45.2 Å². The highest BCUT2D eigenvalue weighted by molar-refractivity contribution is 6.35. The number of carbonyl (C=O) groups is 1. The normalized spacial score (nSPS) is 18.2. The fraction of sp³-hybridized carbons (Fsp3) is 0.412. The van der Waals surface area contributed by atoms with Gasteiger partial charge in [0.15, 0.2) is 5.82 Å². The van der Waals surface area contributed by atoms with Gasteiger partial charge in [0.25, 0.3) is 0 Å². The van der Waals surface area contributed by atoms with Crippen molar-refractivity contribution in [2.24, 2.45) is 5.92 Å². The van der Waals surface area contributed by atoms with Crippen molar-refractivity contribution in [2.75, 3.05) is 24.5 Å². The Morgan fingerprint density at radius 2 is 2.12 bits per heavy atom. The summed E-state index contributed by atoms with van der Waals surface area (Å²) in [6.07, 6.45) is -2.02. The van der Waals surface area contributed by atoms with Crippen LogP contribution in [0.25, 0.3) is 10.9 Å². The number of rotatable bonds is 3. The fourth-order valence-corrected chi connectivity index (χ4v) is 3.33. The molecule has 3 rings (SSSR count). The minimum atomic E-state index is -4.46. The zero-order valence-corrected chi connectivity index (χ0v) is 14.4. The molecule has 1 atom stereocenters. The van der Waals surface area contributed by atoms with E-state index in [-0.39, 0.29) is 17.7 Å². The third-order valence-electron chi connectivity index (χ3n) is 4.37. The van der Waals surface area contributed by atoms with Gasteiger partial charge in [0.1, 0.15) is 12.1 Å². The number of nitrogens with zero attached hydrogens (tertiary/aromatic N) is 2. The van der Waals surface area contributed by atoms with Crippen LogP contribution in [0.3, 0.4) is 0 Å². The van der Waals surface area contributed by atoms with Gasteiger partial charge in [-0.2, -0.15) is 13.2 Å². The van der Waals surface area contributed by atoms with Crippen molar-refractivity contribution in [3.63, 3.8) is 0 Å². The lowest BCUT2D eigenvalue weighted by molar-refractivity contribution is -0.140. The Morgan fingerprint density at radius 3 is 2.85 bits per heavy atom. The molecule has 1 aromatic carbocycles. The number of hydrogen-bond acceptors (Lipinski definition) is 3. The summed E-state index contributed by atoms with van der Waals surface area (Å²) >= 11 is 6.04. The highest BCUT2D eigenvalue weighted by atomic mass is 35.5. The van der Waals surface area contributed by atoms with Gasteiger partial charge in [-0.15, -0.1) is 0 Å². The first-order valence-corrected chi connectivity index (χ1v) is 8.46. The molecular weight excluding hydrogens is 374 g/mol. The molecule has 1 amide bonds. The number of anilines is 1. The number of piperidine rings is 1. The Morgan fingerprint density at radius 1 is 1.35 bits per heavy atom. The molecule has 0 radical (unpaired) electrons. The summed E-state index contributed by atoms with van der Waals surface area (Å²) in [5.41, 5.74) is 0.388. The lowest BCUT2D eigenvalue weighted by atomic mass is 9.96. The van der Waals surface area contributed by atoms with Crippen LogP contribution >= 0.6 is 11.6 Å². The van der Waals surface area contributed by atoms with Crippen molar-refractivity contribution in [1.82, 2.24) is 10.3 Å². The van der Waals surface area contributed by atoms with Crippen molar-refractivity contribution >= 4 is 34.1 Å². The van der Waals surface area contributed by atoms with E-state index in [2.05, 4.69) is 4.98 Å². The highest BCUT2D eigenvalue weighted by Crippen LogP contribution is 2.32. The van der Waals surface area contributed by atoms with Crippen LogP contribution in [0.4, 0.5) is 23.2 Å². The second kappa shape index (κ2) is 7.26. The first-order chi connectivity index (χ1) is 12.3. The van der Waals surface area contributed by atoms with Crippen LogP contribution in [-0.2, 0) is 4.79 Å². The molecule has 0 saturated carbocycles. The van der Waals surface area contributed by atoms with Gasteiger partial charge >= 0.3 is 6.18 Å². The molecule has 140 valence electrons. The smallest absolute Gasteiger partial charge is 0.368 e. The second-order valence-corrected chi connectivity index (χ2v) is 6.61. The minimum Gasteiger partial charge on any atom is -0.368 e. The van der Waals surface area contributed by atoms with Gasteiger partial charge in [-0.05, 0) is 31.0 Å². The van der Waals surface area contributed by atoms with E-state index in [1.807, 2.05) is 5.32 Å². The first kappa shape index (κ1) is 18.7. The molecule has 1 saturated heterocycles. The van der Waals surface area contributed by atoms with Crippen LogP contribution in [0.5, 0.6) is 0 Å². The van der Waals surface area contributed by atoms with E-state index in [9.17, 15) is 22.4 Å². The van der Waals surface area contributed by atoms with Crippen LogP contribution in [0, 0.1) is 11.7 Å². The lowest BCUT2D eigenvalue weighted by Crippen LogP contribution is -2.45. The van der Waals surface area contributed by atoms with Gasteiger partial charge in [0, 0.05) is 24.7 Å². The number of benzene rings is 1. The van der Waals surface area contributed by atoms with Crippen LogP contribution in [0.1, 0.15) is 12.8 Å². The summed E-state index contributed by atoms with van der Waals surface area (Å²) < 4.78 is 51.7. The average molecular weight is 390 g/mol. The second-order valence-electron chi connectivity index (χ2n) is 6.21. The Balaban J connectivity index is 1.78. The molecule has 1 aliphatic heterocycles. The van der Waals surface area contributed by atoms with Gasteiger partial charge in [0.05, 0.1) is 16.6 Å². The highest BCUT2D eigenvalue weighted by Gasteiger charge is 2.32. The Labute approximate surface area is 152 Å². The zero-order chi connectivity index (χ0) is 18.9.